The average Bonchev–Trinajstić information content (AvgIpc) is 2.31. The molecule has 0 rings (SSSR count). The Morgan fingerprint density at radius 2 is 1.44 bits per heavy atom. The minimum atomic E-state index is 0.130. The van der Waals surface area contributed by atoms with Crippen LogP contribution in [-0.2, 0) is 4.18 Å². The van der Waals surface area contributed by atoms with Crippen LogP contribution in [0.3, 0.4) is 0 Å². The third-order valence-electron chi connectivity index (χ3n) is 2.59. The van der Waals surface area contributed by atoms with Crippen molar-refractivity contribution in [3.63, 3.8) is 0 Å². The summed E-state index contributed by atoms with van der Waals surface area (Å²) in [6.45, 7) is 2.85. The molecule has 0 atom stereocenters. The average molecular weight is 248 g/mol. The normalized spacial score (nSPS) is 10.9. The van der Waals surface area contributed by atoms with Gasteiger partial charge in [0.15, 0.2) is 0 Å². The van der Waals surface area contributed by atoms with Crippen molar-refractivity contribution in [2.45, 2.75) is 64.7 Å². The molecule has 3 heteroatoms. The molecule has 0 radical (unpaired) electrons. The van der Waals surface area contributed by atoms with Gasteiger partial charge in [-0.15, -0.1) is 0 Å². The van der Waals surface area contributed by atoms with Crippen LogP contribution in [0.25, 0.3) is 0 Å². The molecule has 0 spiro atoms. The summed E-state index contributed by atoms with van der Waals surface area (Å²) < 4.78 is 5.12. The summed E-state index contributed by atoms with van der Waals surface area (Å²) in [7, 11) is 0. The van der Waals surface area contributed by atoms with E-state index in [0.717, 1.165) is 5.75 Å². The second kappa shape index (κ2) is 15.3. The monoisotopic (exact) mass is 248 g/mol. The van der Waals surface area contributed by atoms with Crippen LogP contribution in [0.2, 0.25) is 0 Å². The highest BCUT2D eigenvalue weighted by molar-refractivity contribution is 7.94. The van der Waals surface area contributed by atoms with E-state index in [9.17, 15) is 0 Å². The van der Waals surface area contributed by atoms with E-state index in [1.807, 2.05) is 0 Å². The van der Waals surface area contributed by atoms with Crippen molar-refractivity contribution in [1.82, 2.24) is 0 Å². The molecule has 0 fully saturated rings. The summed E-state index contributed by atoms with van der Waals surface area (Å²) in [6, 6.07) is 0. The number of unbranched alkanes of at least 4 members (excludes halogenated alkanes) is 8. The molecule has 0 aliphatic heterocycles. The van der Waals surface area contributed by atoms with Crippen LogP contribution in [-0.4, -0.2) is 24.1 Å². The van der Waals surface area contributed by atoms with Gasteiger partial charge in [0, 0.05) is 5.75 Å². The Kier molecular flexibility index (Phi) is 15.5. The number of aliphatic hydroxyl groups excluding tert-OH is 1. The zero-order chi connectivity index (χ0) is 11.9. The van der Waals surface area contributed by atoms with Crippen molar-refractivity contribution in [3.05, 3.63) is 0 Å². The third-order valence-corrected chi connectivity index (χ3v) is 3.38. The summed E-state index contributed by atoms with van der Waals surface area (Å²) in [5, 5.41) is 8.49. The summed E-state index contributed by atoms with van der Waals surface area (Å²) in [5.41, 5.74) is 0. The number of aliphatic hydroxyl groups is 1. The summed E-state index contributed by atoms with van der Waals surface area (Å²) >= 11 is 1.49. The van der Waals surface area contributed by atoms with Gasteiger partial charge in [-0.2, -0.15) is 0 Å². The van der Waals surface area contributed by atoms with E-state index in [4.69, 9.17) is 9.29 Å². The first-order chi connectivity index (χ1) is 7.91. The van der Waals surface area contributed by atoms with Gasteiger partial charge in [-0.3, -0.25) is 0 Å². The van der Waals surface area contributed by atoms with E-state index >= 15 is 0 Å². The molecule has 0 saturated heterocycles. The van der Waals surface area contributed by atoms with Gasteiger partial charge < -0.3 is 9.29 Å². The minimum absolute atomic E-state index is 0.130. The Balaban J connectivity index is 2.83. The summed E-state index contributed by atoms with van der Waals surface area (Å²) in [6.07, 6.45) is 12.3. The van der Waals surface area contributed by atoms with Gasteiger partial charge in [0.05, 0.1) is 13.2 Å². The van der Waals surface area contributed by atoms with Gasteiger partial charge in [0.25, 0.3) is 0 Å². The van der Waals surface area contributed by atoms with Gasteiger partial charge in [-0.25, -0.2) is 0 Å². The molecule has 0 amide bonds. The minimum Gasteiger partial charge on any atom is -0.394 e. The molecule has 1 N–H and O–H groups in total. The molecule has 98 valence electrons. The molecule has 2 nitrogen and oxygen atoms in total. The van der Waals surface area contributed by atoms with E-state index in [2.05, 4.69) is 6.92 Å². The Bertz CT molecular complexity index is 107. The fourth-order valence-electron chi connectivity index (χ4n) is 1.63. The molecule has 0 saturated carbocycles. The molecule has 0 bridgehead atoms. The molecule has 0 aromatic rings. The molecule has 0 aromatic heterocycles. The van der Waals surface area contributed by atoms with E-state index in [1.165, 1.54) is 69.8 Å². The van der Waals surface area contributed by atoms with Crippen LogP contribution < -0.4 is 0 Å². The van der Waals surface area contributed by atoms with Gasteiger partial charge in [0.2, 0.25) is 0 Å². The standard InChI is InChI=1S/C13H28O2S/c1-2-3-4-5-6-7-8-9-10-13-16-15-12-11-14/h14H,2-13H2,1H3. The van der Waals surface area contributed by atoms with Crippen molar-refractivity contribution in [1.29, 1.82) is 0 Å². The molecule has 0 heterocycles. The maximum atomic E-state index is 8.49. The number of hydrogen-bond donors (Lipinski definition) is 1. The van der Waals surface area contributed by atoms with Crippen LogP contribution >= 0.6 is 12.0 Å². The zero-order valence-electron chi connectivity index (χ0n) is 10.7. The van der Waals surface area contributed by atoms with Crippen molar-refractivity contribution >= 4 is 12.0 Å². The molecule has 0 aromatic carbocycles. The van der Waals surface area contributed by atoms with E-state index in [0.29, 0.717) is 6.61 Å². The number of hydrogen-bond acceptors (Lipinski definition) is 3. The predicted octanol–water partition coefficient (Wildman–Crippen LogP) is 4.17. The van der Waals surface area contributed by atoms with E-state index in [1.54, 1.807) is 0 Å². The lowest BCUT2D eigenvalue weighted by Crippen LogP contribution is -1.93. The topological polar surface area (TPSA) is 29.5 Å². The lowest BCUT2D eigenvalue weighted by Gasteiger charge is -2.02. The Morgan fingerprint density at radius 3 is 2.00 bits per heavy atom. The molecular formula is C13H28O2S. The Morgan fingerprint density at radius 1 is 0.875 bits per heavy atom. The Hall–Kier alpha value is 0.270. The Labute approximate surface area is 105 Å². The molecular weight excluding hydrogens is 220 g/mol. The second-order valence-electron chi connectivity index (χ2n) is 4.20. The van der Waals surface area contributed by atoms with Crippen LogP contribution in [0.1, 0.15) is 64.7 Å². The predicted molar refractivity (Wildman–Crippen MR) is 72.7 cm³/mol. The smallest absolute Gasteiger partial charge is 0.0845 e. The van der Waals surface area contributed by atoms with Crippen LogP contribution in [0.4, 0.5) is 0 Å². The van der Waals surface area contributed by atoms with Gasteiger partial charge in [0.1, 0.15) is 0 Å². The van der Waals surface area contributed by atoms with Crippen molar-refractivity contribution < 1.29 is 9.29 Å². The quantitative estimate of drug-likeness (QED) is 0.392. The van der Waals surface area contributed by atoms with Crippen molar-refractivity contribution in [3.8, 4) is 0 Å². The highest BCUT2D eigenvalue weighted by atomic mass is 32.2. The lowest BCUT2D eigenvalue weighted by molar-refractivity contribution is 0.221. The first-order valence-corrected chi connectivity index (χ1v) is 7.68. The fraction of sp³-hybridized carbons (Fsp3) is 1.00. The first-order valence-electron chi connectivity index (χ1n) is 6.77. The van der Waals surface area contributed by atoms with Gasteiger partial charge in [-0.05, 0) is 18.5 Å². The molecule has 0 aliphatic rings. The summed E-state index contributed by atoms with van der Waals surface area (Å²) in [4.78, 5) is 0. The fourth-order valence-corrected chi connectivity index (χ4v) is 2.26. The second-order valence-corrected chi connectivity index (χ2v) is 5.08. The van der Waals surface area contributed by atoms with Gasteiger partial charge >= 0.3 is 0 Å². The molecule has 16 heavy (non-hydrogen) atoms. The van der Waals surface area contributed by atoms with Crippen molar-refractivity contribution in [2.24, 2.45) is 0 Å². The number of rotatable bonds is 13. The summed E-state index contributed by atoms with van der Waals surface area (Å²) in [5.74, 6) is 1.07. The molecule has 0 aliphatic carbocycles. The third kappa shape index (κ3) is 14.3. The molecule has 0 unspecified atom stereocenters. The largest absolute Gasteiger partial charge is 0.394 e. The first kappa shape index (κ1) is 16.3. The van der Waals surface area contributed by atoms with Gasteiger partial charge in [-0.1, -0.05) is 58.3 Å². The maximum absolute atomic E-state index is 8.49. The van der Waals surface area contributed by atoms with Crippen LogP contribution in [0.15, 0.2) is 0 Å². The van der Waals surface area contributed by atoms with E-state index < -0.39 is 0 Å². The SMILES string of the molecule is CCCCCCCCCCCSOCCO. The maximum Gasteiger partial charge on any atom is 0.0845 e. The zero-order valence-corrected chi connectivity index (χ0v) is 11.6. The highest BCUT2D eigenvalue weighted by Crippen LogP contribution is 2.12. The van der Waals surface area contributed by atoms with Crippen molar-refractivity contribution in [2.75, 3.05) is 19.0 Å². The van der Waals surface area contributed by atoms with E-state index in [-0.39, 0.29) is 6.61 Å². The van der Waals surface area contributed by atoms with Crippen LogP contribution in [0, 0.1) is 0 Å². The highest BCUT2D eigenvalue weighted by Gasteiger charge is 1.93. The lowest BCUT2D eigenvalue weighted by atomic mass is 10.1. The van der Waals surface area contributed by atoms with Crippen LogP contribution in [0.5, 0.6) is 0 Å².